The number of phenols is 1. The maximum atomic E-state index is 10.2. The maximum absolute atomic E-state index is 10.2. The fourth-order valence-corrected chi connectivity index (χ4v) is 2.79. The van der Waals surface area contributed by atoms with Crippen molar-refractivity contribution in [3.8, 4) is 17.4 Å². The lowest BCUT2D eigenvalue weighted by molar-refractivity contribution is -0.700. The van der Waals surface area contributed by atoms with Gasteiger partial charge in [-0.25, -0.2) is 0 Å². The molecule has 3 rings (SSSR count). The second-order valence-corrected chi connectivity index (χ2v) is 5.89. The molecule has 3 aromatic rings. The van der Waals surface area contributed by atoms with E-state index in [-0.39, 0.29) is 11.6 Å². The largest absolute Gasteiger partial charge is 0.554 e. The first-order chi connectivity index (χ1) is 12.5. The van der Waals surface area contributed by atoms with Crippen LogP contribution in [0.5, 0.6) is 17.4 Å². The molecule has 0 amide bonds. The van der Waals surface area contributed by atoms with Crippen LogP contribution in [-0.2, 0) is 17.8 Å². The molecule has 0 aliphatic rings. The number of phenolic OH excluding ortho intramolecular Hbond substituents is 1. The molecule has 0 saturated carbocycles. The summed E-state index contributed by atoms with van der Waals surface area (Å²) in [5, 5.41) is 30.6. The van der Waals surface area contributed by atoms with Crippen LogP contribution in [0.25, 0.3) is 10.8 Å². The number of fused-ring (bicyclic) bond motifs is 1. The van der Waals surface area contributed by atoms with Gasteiger partial charge in [-0.2, -0.15) is 4.57 Å². The molecule has 0 saturated heterocycles. The molecular formula is C19H18ClNO5. The lowest BCUT2D eigenvalue weighted by Crippen LogP contribution is -2.34. The molecular weight excluding hydrogens is 358 g/mol. The molecule has 7 heteroatoms. The van der Waals surface area contributed by atoms with E-state index in [9.17, 15) is 10.2 Å². The van der Waals surface area contributed by atoms with Gasteiger partial charge in [-0.3, -0.25) is 0 Å². The number of aromatic hydroxyl groups is 2. The van der Waals surface area contributed by atoms with Gasteiger partial charge in [0.1, 0.15) is 0 Å². The highest BCUT2D eigenvalue weighted by atomic mass is 35.5. The predicted octanol–water partition coefficient (Wildman–Crippen LogP) is 1.81. The Hall–Kier alpha value is -2.99. The van der Waals surface area contributed by atoms with Gasteiger partial charge in [0.2, 0.25) is 0 Å². The maximum Gasteiger partial charge on any atom is 0.365 e. The summed E-state index contributed by atoms with van der Waals surface area (Å²) in [7, 11) is 1.51. The van der Waals surface area contributed by atoms with Crippen molar-refractivity contribution in [2.45, 2.75) is 13.0 Å². The zero-order valence-electron chi connectivity index (χ0n) is 14.1. The third kappa shape index (κ3) is 4.77. The number of hydrogen-bond donors (Lipinski definition) is 2. The van der Waals surface area contributed by atoms with E-state index in [2.05, 4.69) is 0 Å². The Bertz CT molecular complexity index is 914. The first kappa shape index (κ1) is 19.3. The molecule has 136 valence electrons. The highest BCUT2D eigenvalue weighted by Crippen LogP contribution is 2.31. The van der Waals surface area contributed by atoms with Crippen LogP contribution in [0.15, 0.2) is 48.7 Å². The average Bonchev–Trinajstić information content (AvgIpc) is 2.60. The molecule has 1 heterocycles. The van der Waals surface area contributed by atoms with Crippen LogP contribution in [-0.4, -0.2) is 23.8 Å². The number of carbonyl (C=O) groups is 1. The lowest BCUT2D eigenvalue weighted by atomic mass is 10.1. The van der Waals surface area contributed by atoms with Crippen molar-refractivity contribution in [3.05, 3.63) is 59.2 Å². The van der Waals surface area contributed by atoms with Gasteiger partial charge in [-0.05, 0) is 29.8 Å². The minimum absolute atomic E-state index is 0.0519. The third-order valence-corrected chi connectivity index (χ3v) is 4.02. The van der Waals surface area contributed by atoms with Crippen LogP contribution in [0.1, 0.15) is 5.56 Å². The quantitative estimate of drug-likeness (QED) is 0.536. The number of carboxylic acid groups (broad SMARTS) is 1. The molecule has 2 N–H and O–H groups in total. The number of aryl methyl sites for hydroxylation is 2. The molecule has 0 atom stereocenters. The average molecular weight is 376 g/mol. The molecule has 0 unspecified atom stereocenters. The Balaban J connectivity index is 0.000000758. The van der Waals surface area contributed by atoms with Gasteiger partial charge in [-0.15, -0.1) is 0 Å². The van der Waals surface area contributed by atoms with Crippen molar-refractivity contribution in [2.24, 2.45) is 0 Å². The summed E-state index contributed by atoms with van der Waals surface area (Å²) in [6, 6.07) is 12.6. The number of methoxy groups -OCH3 is 1. The van der Waals surface area contributed by atoms with Crippen molar-refractivity contribution in [3.63, 3.8) is 0 Å². The lowest BCUT2D eigenvalue weighted by Gasteiger charge is -2.06. The summed E-state index contributed by atoms with van der Waals surface area (Å²) >= 11 is 5.99. The summed E-state index contributed by atoms with van der Waals surface area (Å²) in [5.41, 5.74) is 1.10. The van der Waals surface area contributed by atoms with Crippen molar-refractivity contribution in [1.29, 1.82) is 0 Å². The number of ether oxygens (including phenoxy) is 1. The molecule has 6 nitrogen and oxygen atoms in total. The Kier molecular flexibility index (Phi) is 6.63. The molecule has 0 aliphatic carbocycles. The number of carbonyl (C=O) groups excluding carboxylic acids is 1. The summed E-state index contributed by atoms with van der Waals surface area (Å²) in [4.78, 5) is 8.25. The van der Waals surface area contributed by atoms with Crippen LogP contribution >= 0.6 is 11.6 Å². The monoisotopic (exact) mass is 375 g/mol. The summed E-state index contributed by atoms with van der Waals surface area (Å²) in [6.45, 7) is 0.116. The Labute approximate surface area is 155 Å². The standard InChI is InChI=1S/C18H16ClNO3.CH2O2/c1-23-17-9-14-11-20(18(22)10-13(14)8-16(17)21)6-5-12-3-2-4-15(19)7-12;2-1-3/h2-4,7-11H,5-6H2,1H3,(H,21,22);1H,(H,2,3). The smallest absolute Gasteiger partial charge is 0.365 e. The molecule has 0 spiro atoms. The van der Waals surface area contributed by atoms with Gasteiger partial charge >= 0.3 is 5.88 Å². The molecule has 0 aliphatic heterocycles. The second kappa shape index (κ2) is 8.92. The number of nitrogens with zero attached hydrogens (tertiary/aromatic N) is 1. The fraction of sp³-hybridized carbons (Fsp3) is 0.158. The molecule has 0 bridgehead atoms. The van der Waals surface area contributed by atoms with E-state index >= 15 is 0 Å². The van der Waals surface area contributed by atoms with Crippen molar-refractivity contribution in [1.82, 2.24) is 0 Å². The Morgan fingerprint density at radius 3 is 2.58 bits per heavy atom. The minimum atomic E-state index is -0.500. The highest BCUT2D eigenvalue weighted by Gasteiger charge is 2.14. The molecule has 1 aromatic heterocycles. The van der Waals surface area contributed by atoms with Crippen molar-refractivity contribution >= 4 is 28.8 Å². The predicted molar refractivity (Wildman–Crippen MR) is 95.2 cm³/mol. The van der Waals surface area contributed by atoms with Crippen LogP contribution in [0.4, 0.5) is 0 Å². The minimum Gasteiger partial charge on any atom is -0.554 e. The third-order valence-electron chi connectivity index (χ3n) is 3.79. The number of rotatable bonds is 4. The fourth-order valence-electron chi connectivity index (χ4n) is 2.58. The van der Waals surface area contributed by atoms with E-state index in [4.69, 9.17) is 26.2 Å². The van der Waals surface area contributed by atoms with Crippen LogP contribution < -0.4 is 14.4 Å². The number of halogens is 1. The number of hydrogen-bond acceptors (Lipinski definition) is 5. The normalized spacial score (nSPS) is 10.1. The van der Waals surface area contributed by atoms with E-state index in [1.807, 2.05) is 30.5 Å². The molecule has 0 fully saturated rings. The molecule has 0 radical (unpaired) electrons. The number of pyridine rings is 1. The summed E-state index contributed by atoms with van der Waals surface area (Å²) < 4.78 is 6.89. The van der Waals surface area contributed by atoms with Crippen LogP contribution in [0, 0.1) is 0 Å². The van der Waals surface area contributed by atoms with Gasteiger partial charge in [0, 0.05) is 28.7 Å². The van der Waals surface area contributed by atoms with E-state index in [0.29, 0.717) is 17.3 Å². The van der Waals surface area contributed by atoms with Gasteiger partial charge in [0.25, 0.3) is 0 Å². The van der Waals surface area contributed by atoms with Gasteiger partial charge in [-0.1, -0.05) is 23.7 Å². The van der Waals surface area contributed by atoms with E-state index in [1.165, 1.54) is 7.11 Å². The Morgan fingerprint density at radius 2 is 1.92 bits per heavy atom. The first-order valence-corrected chi connectivity index (χ1v) is 8.09. The van der Waals surface area contributed by atoms with E-state index in [1.54, 1.807) is 22.8 Å². The van der Waals surface area contributed by atoms with Crippen molar-refractivity contribution < 1.29 is 29.4 Å². The number of aromatic nitrogens is 1. The van der Waals surface area contributed by atoms with Crippen LogP contribution in [0.3, 0.4) is 0 Å². The van der Waals surface area contributed by atoms with Gasteiger partial charge in [0.05, 0.1) is 13.2 Å². The summed E-state index contributed by atoms with van der Waals surface area (Å²) in [5.74, 6) is 0.602. The number of benzene rings is 2. The van der Waals surface area contributed by atoms with Gasteiger partial charge in [0.15, 0.2) is 24.2 Å². The zero-order valence-corrected chi connectivity index (χ0v) is 14.8. The molecule has 26 heavy (non-hydrogen) atoms. The van der Waals surface area contributed by atoms with E-state index < -0.39 is 6.47 Å². The van der Waals surface area contributed by atoms with Crippen LogP contribution in [0.2, 0.25) is 5.02 Å². The summed E-state index contributed by atoms with van der Waals surface area (Å²) in [6.07, 6.45) is 2.59. The first-order valence-electron chi connectivity index (χ1n) is 7.71. The van der Waals surface area contributed by atoms with Gasteiger partial charge < -0.3 is 24.9 Å². The highest BCUT2D eigenvalue weighted by molar-refractivity contribution is 6.30. The van der Waals surface area contributed by atoms with Crippen molar-refractivity contribution in [2.75, 3.05) is 7.11 Å². The molecule has 2 aromatic carbocycles. The second-order valence-electron chi connectivity index (χ2n) is 5.45. The Morgan fingerprint density at radius 1 is 1.19 bits per heavy atom. The SMILES string of the molecule is COc1cc2c[n+](CCc3cccc(Cl)c3)c(O)cc2cc1O.O=C[O-]. The zero-order chi connectivity index (χ0) is 19.1. The van der Waals surface area contributed by atoms with E-state index in [0.717, 1.165) is 22.8 Å². The topological polar surface area (TPSA) is 93.7 Å².